The van der Waals surface area contributed by atoms with Crippen LogP contribution in [-0.4, -0.2) is 12.2 Å². The van der Waals surface area contributed by atoms with Crippen LogP contribution < -0.4 is 0 Å². The molecule has 0 aliphatic heterocycles. The number of ether oxygens (including phenoxy) is 1. The van der Waals surface area contributed by atoms with E-state index in [1.807, 2.05) is 0 Å². The summed E-state index contributed by atoms with van der Waals surface area (Å²) in [5.74, 6) is 3.05. The summed E-state index contributed by atoms with van der Waals surface area (Å²) >= 11 is 0. The lowest BCUT2D eigenvalue weighted by atomic mass is 10.0. The van der Waals surface area contributed by atoms with Crippen LogP contribution >= 0.6 is 0 Å². The van der Waals surface area contributed by atoms with E-state index >= 15 is 0 Å². The van der Waals surface area contributed by atoms with E-state index in [-0.39, 0.29) is 0 Å². The molecule has 1 nitrogen and oxygen atoms in total. The Morgan fingerprint density at radius 2 is 1.46 bits per heavy atom. The first-order valence-corrected chi connectivity index (χ1v) is 5.96. The summed E-state index contributed by atoms with van der Waals surface area (Å²) in [5.41, 5.74) is 0. The van der Waals surface area contributed by atoms with Gasteiger partial charge in [0, 0.05) is 0 Å². The van der Waals surface area contributed by atoms with Crippen molar-refractivity contribution >= 4 is 0 Å². The third-order valence-corrected chi connectivity index (χ3v) is 4.12. The van der Waals surface area contributed by atoms with Crippen molar-refractivity contribution in [2.24, 2.45) is 17.8 Å². The lowest BCUT2D eigenvalue weighted by Crippen LogP contribution is -2.11. The summed E-state index contributed by atoms with van der Waals surface area (Å²) < 4.78 is 5.99. The molecule has 3 fully saturated rings. The van der Waals surface area contributed by atoms with Gasteiger partial charge >= 0.3 is 0 Å². The molecule has 3 aliphatic carbocycles. The predicted molar refractivity (Wildman–Crippen MR) is 52.5 cm³/mol. The summed E-state index contributed by atoms with van der Waals surface area (Å²) in [6.07, 6.45) is 9.71. The van der Waals surface area contributed by atoms with Crippen LogP contribution in [-0.2, 0) is 4.74 Å². The molecule has 2 unspecified atom stereocenters. The van der Waals surface area contributed by atoms with Crippen LogP contribution in [0.15, 0.2) is 0 Å². The van der Waals surface area contributed by atoms with Gasteiger partial charge in [0.1, 0.15) is 0 Å². The highest BCUT2D eigenvalue weighted by Crippen LogP contribution is 2.48. The van der Waals surface area contributed by atoms with Crippen LogP contribution in [0.5, 0.6) is 0 Å². The number of hydrogen-bond donors (Lipinski definition) is 0. The molecule has 0 spiro atoms. The molecule has 4 atom stereocenters. The monoisotopic (exact) mass is 180 g/mol. The van der Waals surface area contributed by atoms with Crippen molar-refractivity contribution in [1.82, 2.24) is 0 Å². The quantitative estimate of drug-likeness (QED) is 0.634. The Morgan fingerprint density at radius 3 is 2.00 bits per heavy atom. The van der Waals surface area contributed by atoms with Gasteiger partial charge in [-0.2, -0.15) is 0 Å². The predicted octanol–water partition coefficient (Wildman–Crippen LogP) is 2.99. The molecule has 0 aromatic carbocycles. The lowest BCUT2D eigenvalue weighted by molar-refractivity contribution is 0.0386. The highest BCUT2D eigenvalue weighted by molar-refractivity contribution is 4.92. The average molecular weight is 180 g/mol. The summed E-state index contributed by atoms with van der Waals surface area (Å²) in [4.78, 5) is 0. The first-order chi connectivity index (χ1) is 6.31. The third kappa shape index (κ3) is 1.63. The van der Waals surface area contributed by atoms with E-state index in [1.54, 1.807) is 0 Å². The second kappa shape index (κ2) is 2.98. The number of rotatable bonds is 2. The molecule has 0 bridgehead atoms. The molecular formula is C12H20O. The molecule has 74 valence electrons. The van der Waals surface area contributed by atoms with E-state index < -0.39 is 0 Å². The van der Waals surface area contributed by atoms with Crippen LogP contribution in [0.4, 0.5) is 0 Å². The Kier molecular flexibility index (Phi) is 1.90. The fourth-order valence-corrected chi connectivity index (χ4v) is 3.45. The first kappa shape index (κ1) is 8.28. The van der Waals surface area contributed by atoms with Crippen molar-refractivity contribution in [3.63, 3.8) is 0 Å². The molecule has 3 aliphatic rings. The molecule has 0 radical (unpaired) electrons. The van der Waals surface area contributed by atoms with Gasteiger partial charge in [-0.15, -0.1) is 0 Å². The normalized spacial score (nSPS) is 49.6. The number of fused-ring (bicyclic) bond motifs is 1. The summed E-state index contributed by atoms with van der Waals surface area (Å²) in [5, 5.41) is 0. The van der Waals surface area contributed by atoms with Crippen molar-refractivity contribution in [2.75, 3.05) is 0 Å². The van der Waals surface area contributed by atoms with Crippen molar-refractivity contribution in [3.05, 3.63) is 0 Å². The molecule has 0 heterocycles. The minimum absolute atomic E-state index is 0.648. The van der Waals surface area contributed by atoms with Gasteiger partial charge in [-0.25, -0.2) is 0 Å². The Morgan fingerprint density at radius 1 is 0.846 bits per heavy atom. The topological polar surface area (TPSA) is 9.23 Å². The molecular weight excluding hydrogens is 160 g/mol. The third-order valence-electron chi connectivity index (χ3n) is 4.12. The Bertz CT molecular complexity index is 183. The van der Waals surface area contributed by atoms with E-state index in [4.69, 9.17) is 4.74 Å². The van der Waals surface area contributed by atoms with Gasteiger partial charge in [-0.3, -0.25) is 0 Å². The molecule has 0 aromatic heterocycles. The van der Waals surface area contributed by atoms with E-state index in [1.165, 1.54) is 38.5 Å². The summed E-state index contributed by atoms with van der Waals surface area (Å²) in [7, 11) is 0. The van der Waals surface area contributed by atoms with Crippen molar-refractivity contribution in [3.8, 4) is 0 Å². The molecule has 0 N–H and O–H groups in total. The smallest absolute Gasteiger partial charge is 0.0584 e. The Balaban J connectivity index is 1.55. The fourth-order valence-electron chi connectivity index (χ4n) is 3.45. The SMILES string of the molecule is CC1C[C@@H]2CC(OC3CC3)C[C@@H]2C1. The van der Waals surface area contributed by atoms with E-state index in [0.29, 0.717) is 12.2 Å². The second-order valence-corrected chi connectivity index (χ2v) is 5.53. The van der Waals surface area contributed by atoms with Crippen molar-refractivity contribution in [2.45, 2.75) is 57.7 Å². The van der Waals surface area contributed by atoms with Crippen LogP contribution in [0, 0.1) is 17.8 Å². The molecule has 0 aromatic rings. The zero-order valence-corrected chi connectivity index (χ0v) is 8.54. The maximum atomic E-state index is 5.99. The Labute approximate surface area is 80.8 Å². The second-order valence-electron chi connectivity index (χ2n) is 5.53. The Hall–Kier alpha value is -0.0400. The first-order valence-electron chi connectivity index (χ1n) is 5.96. The maximum Gasteiger partial charge on any atom is 0.0584 e. The fraction of sp³-hybridized carbons (Fsp3) is 1.00. The molecule has 0 amide bonds. The van der Waals surface area contributed by atoms with Gasteiger partial charge in [0.15, 0.2) is 0 Å². The lowest BCUT2D eigenvalue weighted by Gasteiger charge is -2.12. The maximum absolute atomic E-state index is 5.99. The van der Waals surface area contributed by atoms with Crippen LogP contribution in [0.2, 0.25) is 0 Å². The van der Waals surface area contributed by atoms with E-state index in [9.17, 15) is 0 Å². The van der Waals surface area contributed by atoms with Crippen molar-refractivity contribution in [1.29, 1.82) is 0 Å². The minimum Gasteiger partial charge on any atom is -0.375 e. The summed E-state index contributed by atoms with van der Waals surface area (Å²) in [6.45, 7) is 2.41. The van der Waals surface area contributed by atoms with Crippen LogP contribution in [0.1, 0.15) is 45.4 Å². The molecule has 3 rings (SSSR count). The largest absolute Gasteiger partial charge is 0.375 e. The van der Waals surface area contributed by atoms with Crippen LogP contribution in [0.3, 0.4) is 0 Å². The van der Waals surface area contributed by atoms with E-state index in [2.05, 4.69) is 6.92 Å². The average Bonchev–Trinajstić information content (AvgIpc) is 2.68. The minimum atomic E-state index is 0.648. The molecule has 0 saturated heterocycles. The van der Waals surface area contributed by atoms with Gasteiger partial charge in [-0.05, 0) is 56.3 Å². The van der Waals surface area contributed by atoms with Crippen LogP contribution in [0.25, 0.3) is 0 Å². The zero-order chi connectivity index (χ0) is 8.84. The highest BCUT2D eigenvalue weighted by atomic mass is 16.5. The van der Waals surface area contributed by atoms with Gasteiger partial charge < -0.3 is 4.74 Å². The molecule has 3 saturated carbocycles. The highest BCUT2D eigenvalue weighted by Gasteiger charge is 2.42. The molecule has 1 heteroatoms. The van der Waals surface area contributed by atoms with Crippen molar-refractivity contribution < 1.29 is 4.74 Å². The number of hydrogen-bond acceptors (Lipinski definition) is 1. The van der Waals surface area contributed by atoms with Gasteiger partial charge in [0.2, 0.25) is 0 Å². The zero-order valence-electron chi connectivity index (χ0n) is 8.54. The summed E-state index contributed by atoms with van der Waals surface area (Å²) in [6, 6.07) is 0. The van der Waals surface area contributed by atoms with Gasteiger partial charge in [0.25, 0.3) is 0 Å². The van der Waals surface area contributed by atoms with Gasteiger partial charge in [0.05, 0.1) is 12.2 Å². The standard InChI is InChI=1S/C12H20O/c1-8-4-9-6-12(7-10(9)5-8)13-11-2-3-11/h8-12H,2-7H2,1H3/t8?,9-,10+,12?. The van der Waals surface area contributed by atoms with Gasteiger partial charge in [-0.1, -0.05) is 6.92 Å². The van der Waals surface area contributed by atoms with E-state index in [0.717, 1.165) is 17.8 Å². The molecule has 13 heavy (non-hydrogen) atoms.